The maximum Gasteiger partial charge on any atom is 0.286 e. The van der Waals surface area contributed by atoms with Gasteiger partial charge in [0.25, 0.3) is 11.6 Å². The van der Waals surface area contributed by atoms with Gasteiger partial charge in [-0.2, -0.15) is 4.31 Å². The average molecular weight is 685 g/mol. The van der Waals surface area contributed by atoms with Crippen LogP contribution < -0.4 is 24.8 Å². The number of amides is 1. The largest absolute Gasteiger partial charge is 0.497 e. The lowest BCUT2D eigenvalue weighted by atomic mass is 9.92. The molecule has 0 saturated heterocycles. The number of aliphatic hydroxyl groups is 1. The third-order valence-corrected chi connectivity index (χ3v) is 9.53. The fourth-order valence-electron chi connectivity index (χ4n) is 5.11. The molecule has 3 N–H and O–H groups in total. The van der Waals surface area contributed by atoms with E-state index in [1.165, 1.54) is 43.5 Å². The van der Waals surface area contributed by atoms with Gasteiger partial charge in [-0.1, -0.05) is 6.07 Å². The van der Waals surface area contributed by atoms with Gasteiger partial charge in [0.15, 0.2) is 17.3 Å². The number of allylic oxidation sites excluding steroid dienone is 1. The number of nitrogens with zero attached hydrogens (tertiary/aromatic N) is 2. The monoisotopic (exact) mass is 684 g/mol. The Bertz CT molecular complexity index is 1720. The van der Waals surface area contributed by atoms with Crippen LogP contribution in [0.4, 0.5) is 11.4 Å². The van der Waals surface area contributed by atoms with Gasteiger partial charge in [0.05, 0.1) is 30.1 Å². The zero-order valence-corrected chi connectivity index (χ0v) is 26.9. The molecule has 3 aromatic carbocycles. The van der Waals surface area contributed by atoms with Crippen LogP contribution in [-0.4, -0.2) is 88.2 Å². The Kier molecular flexibility index (Phi) is 11.3. The van der Waals surface area contributed by atoms with Gasteiger partial charge < -0.3 is 39.4 Å². The van der Waals surface area contributed by atoms with E-state index in [0.29, 0.717) is 35.9 Å². The number of sulfonamides is 1. The van der Waals surface area contributed by atoms with Crippen LogP contribution in [0.3, 0.4) is 0 Å². The number of carbonyl (C=O) groups excluding carboxylic acids is 1. The van der Waals surface area contributed by atoms with Crippen LogP contribution in [0.2, 0.25) is 0 Å². The van der Waals surface area contributed by atoms with E-state index >= 15 is 0 Å². The van der Waals surface area contributed by atoms with Crippen molar-refractivity contribution in [2.45, 2.75) is 23.5 Å². The molecule has 15 nitrogen and oxygen atoms in total. The number of benzene rings is 3. The zero-order valence-electron chi connectivity index (χ0n) is 26.1. The Balaban J connectivity index is 1.23. The highest BCUT2D eigenvalue weighted by Crippen LogP contribution is 2.38. The molecule has 16 heteroatoms. The molecule has 0 aliphatic carbocycles. The summed E-state index contributed by atoms with van der Waals surface area (Å²) in [4.78, 5) is 23.6. The topological polar surface area (TPSA) is 188 Å². The number of carbonyl (C=O) groups is 1. The Morgan fingerprint density at radius 3 is 2.50 bits per heavy atom. The Morgan fingerprint density at radius 1 is 1.04 bits per heavy atom. The maximum atomic E-state index is 13.3. The van der Waals surface area contributed by atoms with Crippen LogP contribution >= 0.6 is 0 Å². The fraction of sp³-hybridized carbons (Fsp3) is 0.344. The number of nitro benzene ring substituents is 1. The predicted molar refractivity (Wildman–Crippen MR) is 172 cm³/mol. The molecule has 0 fully saturated rings. The van der Waals surface area contributed by atoms with Gasteiger partial charge in [-0.05, 0) is 60.2 Å². The lowest BCUT2D eigenvalue weighted by Gasteiger charge is -2.30. The smallest absolute Gasteiger partial charge is 0.286 e. The maximum absolute atomic E-state index is 13.3. The van der Waals surface area contributed by atoms with Crippen LogP contribution in [0, 0.1) is 10.1 Å². The molecule has 256 valence electrons. The minimum Gasteiger partial charge on any atom is -0.497 e. The van der Waals surface area contributed by atoms with E-state index < -0.39 is 33.8 Å². The first-order chi connectivity index (χ1) is 23.2. The molecule has 0 spiro atoms. The minimum absolute atomic E-state index is 0.0241. The quantitative estimate of drug-likeness (QED) is 0.114. The van der Waals surface area contributed by atoms with Gasteiger partial charge in [-0.3, -0.25) is 14.9 Å². The fourth-order valence-corrected chi connectivity index (χ4v) is 6.53. The highest BCUT2D eigenvalue weighted by molar-refractivity contribution is 7.89. The molecule has 1 amide bonds. The molecule has 3 aromatic rings. The van der Waals surface area contributed by atoms with E-state index in [1.54, 1.807) is 24.3 Å². The van der Waals surface area contributed by atoms with Crippen molar-refractivity contribution in [3.05, 3.63) is 94.2 Å². The van der Waals surface area contributed by atoms with Crippen LogP contribution in [0.25, 0.3) is 0 Å². The van der Waals surface area contributed by atoms with E-state index in [2.05, 4.69) is 10.6 Å². The van der Waals surface area contributed by atoms with Crippen LogP contribution in [0.5, 0.6) is 17.2 Å². The van der Waals surface area contributed by atoms with Gasteiger partial charge in [-0.15, -0.1) is 0 Å². The van der Waals surface area contributed by atoms with Gasteiger partial charge in [-0.25, -0.2) is 8.42 Å². The van der Waals surface area contributed by atoms with Gasteiger partial charge in [0.1, 0.15) is 5.75 Å². The minimum atomic E-state index is -3.95. The number of ether oxygens (including phenoxy) is 5. The number of fused-ring (bicyclic) bond motifs is 1. The van der Waals surface area contributed by atoms with E-state index in [-0.39, 0.29) is 55.3 Å². The third kappa shape index (κ3) is 8.51. The lowest BCUT2D eigenvalue weighted by Crippen LogP contribution is -2.38. The molecular formula is C32H36N4O11S. The van der Waals surface area contributed by atoms with E-state index in [4.69, 9.17) is 23.7 Å². The summed E-state index contributed by atoms with van der Waals surface area (Å²) in [7, 11) is -2.47. The number of nitrogens with one attached hydrogen (secondary N) is 2. The summed E-state index contributed by atoms with van der Waals surface area (Å²) in [5, 5.41) is 26.3. The van der Waals surface area contributed by atoms with Gasteiger partial charge >= 0.3 is 0 Å². The molecule has 2 aliphatic rings. The van der Waals surface area contributed by atoms with E-state index in [1.807, 2.05) is 12.1 Å². The normalized spacial score (nSPS) is 16.9. The third-order valence-electron chi connectivity index (χ3n) is 7.61. The Labute approximate surface area is 277 Å². The predicted octanol–water partition coefficient (Wildman–Crippen LogP) is 2.97. The van der Waals surface area contributed by atoms with E-state index in [0.717, 1.165) is 9.87 Å². The number of non-ortho nitro benzene ring substituents is 1. The number of anilines is 1. The molecule has 2 heterocycles. The van der Waals surface area contributed by atoms with Crippen molar-refractivity contribution in [3.63, 3.8) is 0 Å². The summed E-state index contributed by atoms with van der Waals surface area (Å²) in [6.07, 6.45) is 1.12. The summed E-state index contributed by atoms with van der Waals surface area (Å²) < 4.78 is 55.7. The van der Waals surface area contributed by atoms with Crippen molar-refractivity contribution in [2.24, 2.45) is 0 Å². The molecule has 0 aromatic heterocycles. The summed E-state index contributed by atoms with van der Waals surface area (Å²) in [5.41, 5.74) is 1.47. The first kappa shape index (κ1) is 34.4. The summed E-state index contributed by atoms with van der Waals surface area (Å²) in [6.45, 7) is -0.0373. The molecule has 0 unspecified atom stereocenters. The average Bonchev–Trinajstić information content (AvgIpc) is 3.58. The molecule has 2 aliphatic heterocycles. The van der Waals surface area contributed by atoms with Crippen molar-refractivity contribution in [1.82, 2.24) is 9.62 Å². The van der Waals surface area contributed by atoms with Gasteiger partial charge in [0, 0.05) is 56.3 Å². The number of nitro groups is 1. The van der Waals surface area contributed by atoms with Crippen LogP contribution in [0.1, 0.15) is 17.9 Å². The number of hydrogen-bond acceptors (Lipinski definition) is 12. The molecule has 2 atom stereocenters. The number of rotatable bonds is 16. The highest BCUT2D eigenvalue weighted by Gasteiger charge is 2.31. The second kappa shape index (κ2) is 15.8. The van der Waals surface area contributed by atoms with Crippen molar-refractivity contribution in [3.8, 4) is 17.2 Å². The van der Waals surface area contributed by atoms with E-state index in [9.17, 15) is 28.4 Å². The molecule has 0 saturated carbocycles. The lowest BCUT2D eigenvalue weighted by molar-refractivity contribution is -0.384. The molecular weight excluding hydrogens is 648 g/mol. The van der Waals surface area contributed by atoms with Crippen molar-refractivity contribution < 1.29 is 46.9 Å². The van der Waals surface area contributed by atoms with Crippen molar-refractivity contribution in [2.75, 3.05) is 58.6 Å². The van der Waals surface area contributed by atoms with Crippen LogP contribution in [-0.2, 0) is 24.3 Å². The summed E-state index contributed by atoms with van der Waals surface area (Å²) >= 11 is 0. The number of methoxy groups -OCH3 is 1. The second-order valence-corrected chi connectivity index (χ2v) is 12.6. The van der Waals surface area contributed by atoms with Crippen molar-refractivity contribution >= 4 is 27.3 Å². The Morgan fingerprint density at radius 2 is 1.79 bits per heavy atom. The zero-order chi connectivity index (χ0) is 34.1. The molecule has 0 bridgehead atoms. The first-order valence-electron chi connectivity index (χ1n) is 15.1. The Hall–Kier alpha value is -4.90. The summed E-state index contributed by atoms with van der Waals surface area (Å²) in [6, 6.07) is 17.3. The van der Waals surface area contributed by atoms with Crippen LogP contribution in [0.15, 0.2) is 83.5 Å². The van der Waals surface area contributed by atoms with Crippen molar-refractivity contribution in [1.29, 1.82) is 0 Å². The summed E-state index contributed by atoms with van der Waals surface area (Å²) in [5.74, 6) is 0.936. The highest BCUT2D eigenvalue weighted by atomic mass is 32.2. The first-order valence-corrected chi connectivity index (χ1v) is 16.5. The molecule has 5 rings (SSSR count). The molecule has 48 heavy (non-hydrogen) atoms. The number of hydrogen-bond donors (Lipinski definition) is 3. The van der Waals surface area contributed by atoms with Gasteiger partial charge in [0.2, 0.25) is 23.1 Å². The standard InChI is InChI=1S/C32H36N4O11S/c1-43-26-7-9-27(10-8-26)48(41,42)35(14-16-37)15-17-44-31-20-23(22-2-11-28-29(18-22)46-21-45-28)19-30(47-31)32(38)34-13-12-33-24-3-5-25(6-4-24)36(39)40/h2-11,18-19,23,31,33,37H,12-17,20-21H2,1H3,(H,34,38)/t23-,31+/m0/s1. The SMILES string of the molecule is COc1ccc(S(=O)(=O)N(CCO)CCO[C@H]2C[C@@H](c3ccc4c(c3)OCO4)C=C(C(=O)NCCNc3ccc([N+](=O)[O-])cc3)O2)cc1. The molecule has 0 radical (unpaired) electrons. The number of aliphatic hydroxyl groups excluding tert-OH is 1. The second-order valence-electron chi connectivity index (χ2n) is 10.7.